The Morgan fingerprint density at radius 3 is 2.87 bits per heavy atom. The van der Waals surface area contributed by atoms with Crippen molar-refractivity contribution < 1.29 is 28.5 Å². The zero-order valence-corrected chi connectivity index (χ0v) is 21.1. The fourth-order valence-electron chi connectivity index (χ4n) is 5.98. The number of imidazole rings is 1. The van der Waals surface area contributed by atoms with Crippen molar-refractivity contribution in [2.45, 2.75) is 56.0 Å². The van der Waals surface area contributed by atoms with E-state index in [0.29, 0.717) is 46.9 Å². The molecule has 0 spiro atoms. The van der Waals surface area contributed by atoms with Gasteiger partial charge in [0.25, 0.3) is 6.01 Å². The summed E-state index contributed by atoms with van der Waals surface area (Å²) in [5.41, 5.74) is 5.11. The van der Waals surface area contributed by atoms with Gasteiger partial charge in [-0.05, 0) is 65.7 Å². The number of benzene rings is 1. The molecule has 2 N–H and O–H groups in total. The molecular formula is C28H25ClFN3O5. The number of ether oxygens (including phenoxy) is 3. The third-order valence-electron chi connectivity index (χ3n) is 7.85. The zero-order valence-electron chi connectivity index (χ0n) is 20.3. The quantitative estimate of drug-likeness (QED) is 0.509. The molecule has 10 heteroatoms. The van der Waals surface area contributed by atoms with E-state index in [1.54, 1.807) is 24.3 Å². The molecule has 0 amide bonds. The number of nitrogens with zero attached hydrogens (tertiary/aromatic N) is 2. The average Bonchev–Trinajstić information content (AvgIpc) is 3.66. The van der Waals surface area contributed by atoms with E-state index in [1.807, 2.05) is 12.1 Å². The number of aliphatic hydroxyl groups is 1. The van der Waals surface area contributed by atoms with Gasteiger partial charge in [-0.3, -0.25) is 4.79 Å². The molecule has 2 fully saturated rings. The van der Waals surface area contributed by atoms with Crippen molar-refractivity contribution in [1.82, 2.24) is 15.0 Å². The Bertz CT molecular complexity index is 1520. The normalized spacial score (nSPS) is 28.1. The molecule has 2 aliphatic carbocycles. The summed E-state index contributed by atoms with van der Waals surface area (Å²) < 4.78 is 32.6. The van der Waals surface area contributed by atoms with Crippen LogP contribution in [0, 0.1) is 5.82 Å². The van der Waals surface area contributed by atoms with E-state index < -0.39 is 18.3 Å². The van der Waals surface area contributed by atoms with Gasteiger partial charge in [-0.15, -0.1) is 0 Å². The van der Waals surface area contributed by atoms with Crippen LogP contribution in [0.2, 0.25) is 5.02 Å². The molecule has 2 aliphatic heterocycles. The number of hydrogen-bond acceptors (Lipinski definition) is 7. The maximum absolute atomic E-state index is 15.4. The molecule has 4 heterocycles. The van der Waals surface area contributed by atoms with Crippen molar-refractivity contribution >= 4 is 34.1 Å². The van der Waals surface area contributed by atoms with Crippen LogP contribution in [0.3, 0.4) is 0 Å². The molecular weight excluding hydrogens is 513 g/mol. The number of fused-ring (bicyclic) bond motifs is 3. The van der Waals surface area contributed by atoms with E-state index in [1.165, 1.54) is 0 Å². The molecule has 0 saturated carbocycles. The summed E-state index contributed by atoms with van der Waals surface area (Å²) in [6.45, 7) is 0.515. The van der Waals surface area contributed by atoms with E-state index >= 15 is 4.39 Å². The molecule has 7 rings (SSSR count). The second-order valence-corrected chi connectivity index (χ2v) is 10.7. The van der Waals surface area contributed by atoms with E-state index in [9.17, 15) is 9.90 Å². The van der Waals surface area contributed by atoms with Crippen molar-refractivity contribution in [3.05, 3.63) is 69.7 Å². The number of aromatic amines is 1. The Balaban J connectivity index is 1.11. The fourth-order valence-corrected chi connectivity index (χ4v) is 6.21. The number of carbonyl (C=O) groups is 1. The predicted octanol–water partition coefficient (Wildman–Crippen LogP) is 3.84. The van der Waals surface area contributed by atoms with Gasteiger partial charge in [0.1, 0.15) is 24.1 Å². The molecule has 1 aromatic carbocycles. The van der Waals surface area contributed by atoms with Crippen LogP contribution in [0.5, 0.6) is 6.01 Å². The van der Waals surface area contributed by atoms with Gasteiger partial charge < -0.3 is 24.3 Å². The third kappa shape index (κ3) is 4.14. The van der Waals surface area contributed by atoms with E-state index in [-0.39, 0.29) is 36.2 Å². The molecule has 8 nitrogen and oxygen atoms in total. The minimum absolute atomic E-state index is 0.0490. The van der Waals surface area contributed by atoms with Crippen LogP contribution in [0.4, 0.5) is 4.39 Å². The van der Waals surface area contributed by atoms with E-state index in [2.05, 4.69) is 15.0 Å². The molecule has 0 radical (unpaired) electrons. The smallest absolute Gasteiger partial charge is 0.296 e. The first-order valence-corrected chi connectivity index (χ1v) is 13.2. The summed E-state index contributed by atoms with van der Waals surface area (Å²) in [6.07, 6.45) is 5.74. The van der Waals surface area contributed by atoms with Gasteiger partial charge in [0.15, 0.2) is 17.5 Å². The number of aliphatic hydroxyl groups excluding tert-OH is 1. The molecule has 4 aliphatic rings. The van der Waals surface area contributed by atoms with Crippen LogP contribution < -0.4 is 4.74 Å². The number of ketones is 1. The first-order valence-electron chi connectivity index (χ1n) is 12.8. The van der Waals surface area contributed by atoms with E-state index in [4.69, 9.17) is 25.8 Å². The number of allylic oxidation sites excluding steroid dienone is 4. The van der Waals surface area contributed by atoms with Crippen LogP contribution in [-0.2, 0) is 27.1 Å². The number of aryl methyl sites for hydroxylation is 1. The Kier molecular flexibility index (Phi) is 5.85. The first-order chi connectivity index (χ1) is 18.4. The number of aromatic nitrogens is 3. The number of nitrogens with one attached hydrogen (secondary N) is 1. The molecule has 2 aromatic heterocycles. The maximum Gasteiger partial charge on any atom is 0.296 e. The Morgan fingerprint density at radius 2 is 2.03 bits per heavy atom. The highest BCUT2D eigenvalue weighted by molar-refractivity contribution is 6.31. The lowest BCUT2D eigenvalue weighted by molar-refractivity contribution is -0.113. The van der Waals surface area contributed by atoms with Gasteiger partial charge in [0.05, 0.1) is 29.4 Å². The molecule has 196 valence electrons. The summed E-state index contributed by atoms with van der Waals surface area (Å²) in [5.74, 6) is -0.237. The SMILES string of the molecule is O=C1C=CC(c2cc(F)c3c(c2)CCC3Cc2nc3nc(O[C@@H]4CO[C@H]5[C@@H]4OC[C@H]5O)[nH]c3cc2Cl)=CC1. The Hall–Kier alpha value is -3.11. The monoisotopic (exact) mass is 537 g/mol. The lowest BCUT2D eigenvalue weighted by atomic mass is 9.92. The number of hydrogen-bond donors (Lipinski definition) is 2. The van der Waals surface area contributed by atoms with Crippen LogP contribution in [0.25, 0.3) is 16.7 Å². The maximum atomic E-state index is 15.4. The topological polar surface area (TPSA) is 107 Å². The van der Waals surface area contributed by atoms with Gasteiger partial charge in [-0.25, -0.2) is 9.37 Å². The first kappa shape index (κ1) is 24.0. The van der Waals surface area contributed by atoms with Gasteiger partial charge >= 0.3 is 0 Å². The predicted molar refractivity (Wildman–Crippen MR) is 137 cm³/mol. The molecule has 1 unspecified atom stereocenters. The summed E-state index contributed by atoms with van der Waals surface area (Å²) in [5, 5.41) is 10.4. The second kappa shape index (κ2) is 9.27. The van der Waals surface area contributed by atoms with Crippen molar-refractivity contribution in [3.63, 3.8) is 0 Å². The lowest BCUT2D eigenvalue weighted by Gasteiger charge is -2.15. The largest absolute Gasteiger partial charge is 0.456 e. The minimum atomic E-state index is -0.656. The number of rotatable bonds is 5. The minimum Gasteiger partial charge on any atom is -0.456 e. The molecule has 5 atom stereocenters. The molecule has 3 aromatic rings. The Labute approximate surface area is 222 Å². The van der Waals surface area contributed by atoms with Gasteiger partial charge in [-0.2, -0.15) is 4.98 Å². The number of halogens is 2. The van der Waals surface area contributed by atoms with Crippen molar-refractivity contribution in [1.29, 1.82) is 0 Å². The molecule has 2 saturated heterocycles. The number of H-pyrrole nitrogens is 1. The van der Waals surface area contributed by atoms with Crippen LogP contribution in [0.1, 0.15) is 41.1 Å². The summed E-state index contributed by atoms with van der Waals surface area (Å²) in [4.78, 5) is 23.8. The van der Waals surface area contributed by atoms with E-state index in [0.717, 1.165) is 29.5 Å². The standard InChI is InChI=1S/C28H25ClFN3O5/c29-18-10-21-27(33-28(32-21)38-23-12-37-25-22(35)11-36-26(23)25)31-20(18)9-15-2-1-14-7-16(8-19(30)24(14)15)13-3-5-17(34)6-4-13/h3-5,7-8,10,15,22-23,25-26,35H,1-2,6,9,11-12H2,(H,31,32,33)/t15?,22-,23-,25-,26-/m1/s1. The zero-order chi connectivity index (χ0) is 26.0. The molecule has 0 bridgehead atoms. The van der Waals surface area contributed by atoms with Gasteiger partial charge in [0.2, 0.25) is 0 Å². The Morgan fingerprint density at radius 1 is 1.16 bits per heavy atom. The van der Waals surface area contributed by atoms with Crippen LogP contribution >= 0.6 is 11.6 Å². The fraction of sp³-hybridized carbons (Fsp3) is 0.393. The van der Waals surface area contributed by atoms with Gasteiger partial charge in [0, 0.05) is 6.42 Å². The van der Waals surface area contributed by atoms with Crippen LogP contribution in [-0.4, -0.2) is 63.5 Å². The highest BCUT2D eigenvalue weighted by Gasteiger charge is 2.48. The third-order valence-corrected chi connectivity index (χ3v) is 8.18. The number of carbonyl (C=O) groups excluding carboxylic acids is 1. The van der Waals surface area contributed by atoms with Crippen molar-refractivity contribution in [2.24, 2.45) is 0 Å². The van der Waals surface area contributed by atoms with Gasteiger partial charge in [-0.1, -0.05) is 29.8 Å². The van der Waals surface area contributed by atoms with Crippen molar-refractivity contribution in [2.75, 3.05) is 13.2 Å². The summed E-state index contributed by atoms with van der Waals surface area (Å²) in [6, 6.07) is 5.63. The lowest BCUT2D eigenvalue weighted by Crippen LogP contribution is -2.34. The highest BCUT2D eigenvalue weighted by atomic mass is 35.5. The average molecular weight is 538 g/mol. The summed E-state index contributed by atoms with van der Waals surface area (Å²) in [7, 11) is 0. The molecule has 38 heavy (non-hydrogen) atoms. The number of pyridine rings is 1. The second-order valence-electron chi connectivity index (χ2n) is 10.3. The van der Waals surface area contributed by atoms with Crippen LogP contribution in [0.15, 0.2) is 36.4 Å². The summed E-state index contributed by atoms with van der Waals surface area (Å²) >= 11 is 6.60. The van der Waals surface area contributed by atoms with Crippen molar-refractivity contribution in [3.8, 4) is 6.01 Å². The highest BCUT2D eigenvalue weighted by Crippen LogP contribution is 2.40.